The quantitative estimate of drug-likeness (QED) is 0.348. The van der Waals surface area contributed by atoms with Crippen LogP contribution in [0.1, 0.15) is 0 Å². The largest absolute Gasteiger partial charge is 0.378 e. The first-order chi connectivity index (χ1) is 15.0. The molecule has 0 saturated heterocycles. The standard InChI is InChI=1S/C28H30N2Si/c1-29(2)23-13-11-19-27(21-23)31(25-15-7-5-8-16-25,26-17-9-6-10-18-26)28-20-12-14-24(22-28)30(3)4/h5-22H,1-4H3. The molecule has 2 nitrogen and oxygen atoms in total. The molecule has 0 atom stereocenters. The van der Waals surface area contributed by atoms with Crippen LogP contribution >= 0.6 is 0 Å². The summed E-state index contributed by atoms with van der Waals surface area (Å²) in [5.74, 6) is 0. The fourth-order valence-electron chi connectivity index (χ4n) is 4.41. The summed E-state index contributed by atoms with van der Waals surface area (Å²) in [5.41, 5.74) is 2.45. The van der Waals surface area contributed by atoms with Crippen molar-refractivity contribution in [2.24, 2.45) is 0 Å². The van der Waals surface area contributed by atoms with Gasteiger partial charge in [0.05, 0.1) is 0 Å². The molecule has 0 aliphatic rings. The average molecular weight is 423 g/mol. The Balaban J connectivity index is 2.13. The summed E-state index contributed by atoms with van der Waals surface area (Å²) in [6, 6.07) is 40.3. The summed E-state index contributed by atoms with van der Waals surface area (Å²) < 4.78 is 0. The Kier molecular flexibility index (Phi) is 5.96. The summed E-state index contributed by atoms with van der Waals surface area (Å²) in [5, 5.41) is 5.58. The molecule has 156 valence electrons. The van der Waals surface area contributed by atoms with Gasteiger partial charge in [-0.15, -0.1) is 0 Å². The summed E-state index contributed by atoms with van der Waals surface area (Å²) in [4.78, 5) is 4.38. The molecule has 0 bridgehead atoms. The first kappa shape index (κ1) is 20.9. The minimum absolute atomic E-state index is 1.23. The van der Waals surface area contributed by atoms with E-state index in [2.05, 4.69) is 147 Å². The second-order valence-corrected chi connectivity index (χ2v) is 12.2. The van der Waals surface area contributed by atoms with E-state index in [-0.39, 0.29) is 0 Å². The molecule has 3 heteroatoms. The van der Waals surface area contributed by atoms with Gasteiger partial charge < -0.3 is 9.80 Å². The van der Waals surface area contributed by atoms with Gasteiger partial charge in [0, 0.05) is 39.6 Å². The number of hydrogen-bond donors (Lipinski definition) is 0. The maximum absolute atomic E-state index is 2.51. The summed E-state index contributed by atoms with van der Waals surface area (Å²) >= 11 is 0. The van der Waals surface area contributed by atoms with E-state index in [1.807, 2.05) is 0 Å². The second-order valence-electron chi connectivity index (χ2n) is 8.37. The van der Waals surface area contributed by atoms with Gasteiger partial charge in [-0.05, 0) is 45.0 Å². The van der Waals surface area contributed by atoms with Crippen LogP contribution in [0.15, 0.2) is 109 Å². The molecule has 0 heterocycles. The Labute approximate surface area is 187 Å². The third-order valence-corrected chi connectivity index (χ3v) is 10.8. The molecule has 0 aliphatic heterocycles. The third-order valence-electron chi connectivity index (χ3n) is 6.00. The molecule has 0 amide bonds. The maximum Gasteiger partial charge on any atom is 0.179 e. The van der Waals surface area contributed by atoms with Crippen molar-refractivity contribution in [2.75, 3.05) is 38.0 Å². The molecule has 0 fully saturated rings. The van der Waals surface area contributed by atoms with Gasteiger partial charge in [0.1, 0.15) is 0 Å². The van der Waals surface area contributed by atoms with E-state index in [1.165, 1.54) is 32.1 Å². The van der Waals surface area contributed by atoms with E-state index in [0.29, 0.717) is 0 Å². The van der Waals surface area contributed by atoms with Crippen molar-refractivity contribution in [2.45, 2.75) is 0 Å². The topological polar surface area (TPSA) is 6.48 Å². The lowest BCUT2D eigenvalue weighted by Gasteiger charge is -2.35. The van der Waals surface area contributed by atoms with Crippen LogP contribution in [0.3, 0.4) is 0 Å². The predicted molar refractivity (Wildman–Crippen MR) is 139 cm³/mol. The third kappa shape index (κ3) is 3.89. The minimum atomic E-state index is -2.51. The summed E-state index contributed by atoms with van der Waals surface area (Å²) in [7, 11) is 5.94. The molecule has 0 aromatic heterocycles. The van der Waals surface area contributed by atoms with Gasteiger partial charge in [0.15, 0.2) is 8.07 Å². The van der Waals surface area contributed by atoms with E-state index < -0.39 is 8.07 Å². The SMILES string of the molecule is CN(C)c1cccc([Si](c2ccccc2)(c2ccccc2)c2cccc(N(C)C)c2)c1. The number of benzene rings is 4. The van der Waals surface area contributed by atoms with Crippen LogP contribution in [-0.4, -0.2) is 36.3 Å². The van der Waals surface area contributed by atoms with Crippen LogP contribution in [0.4, 0.5) is 11.4 Å². The zero-order valence-electron chi connectivity index (χ0n) is 18.8. The van der Waals surface area contributed by atoms with Gasteiger partial charge in [-0.1, -0.05) is 84.9 Å². The van der Waals surface area contributed by atoms with Crippen LogP contribution < -0.4 is 30.5 Å². The molecular formula is C28H30N2Si. The van der Waals surface area contributed by atoms with Gasteiger partial charge in [0.2, 0.25) is 0 Å². The van der Waals surface area contributed by atoms with E-state index in [1.54, 1.807) is 0 Å². The highest BCUT2D eigenvalue weighted by atomic mass is 28.3. The Hall–Kier alpha value is -3.30. The van der Waals surface area contributed by atoms with Crippen LogP contribution in [0.5, 0.6) is 0 Å². The molecule has 31 heavy (non-hydrogen) atoms. The van der Waals surface area contributed by atoms with Crippen LogP contribution in [0, 0.1) is 0 Å². The van der Waals surface area contributed by atoms with E-state index >= 15 is 0 Å². The average Bonchev–Trinajstić information content (AvgIpc) is 2.81. The van der Waals surface area contributed by atoms with Gasteiger partial charge in [-0.3, -0.25) is 0 Å². The normalized spacial score (nSPS) is 11.2. The van der Waals surface area contributed by atoms with E-state index in [4.69, 9.17) is 0 Å². The lowest BCUT2D eigenvalue weighted by Crippen LogP contribution is -2.74. The van der Waals surface area contributed by atoms with Crippen molar-refractivity contribution < 1.29 is 0 Å². The Morgan fingerprint density at radius 2 is 0.774 bits per heavy atom. The zero-order valence-corrected chi connectivity index (χ0v) is 19.8. The molecule has 0 radical (unpaired) electrons. The van der Waals surface area contributed by atoms with Gasteiger partial charge in [-0.25, -0.2) is 0 Å². The van der Waals surface area contributed by atoms with E-state index in [9.17, 15) is 0 Å². The summed E-state index contributed by atoms with van der Waals surface area (Å²) in [6.45, 7) is 0. The van der Waals surface area contributed by atoms with Crippen molar-refractivity contribution in [3.8, 4) is 0 Å². The fraction of sp³-hybridized carbons (Fsp3) is 0.143. The summed E-state index contributed by atoms with van der Waals surface area (Å²) in [6.07, 6.45) is 0. The lowest BCUT2D eigenvalue weighted by atomic mass is 10.3. The fourth-order valence-corrected chi connectivity index (χ4v) is 9.22. The molecular weight excluding hydrogens is 392 g/mol. The van der Waals surface area contributed by atoms with Gasteiger partial charge in [0.25, 0.3) is 0 Å². The Morgan fingerprint density at radius 3 is 1.13 bits per heavy atom. The van der Waals surface area contributed by atoms with Crippen LogP contribution in [0.2, 0.25) is 0 Å². The monoisotopic (exact) mass is 422 g/mol. The van der Waals surface area contributed by atoms with E-state index in [0.717, 1.165) is 0 Å². The van der Waals surface area contributed by atoms with Crippen molar-refractivity contribution in [3.63, 3.8) is 0 Å². The van der Waals surface area contributed by atoms with Crippen molar-refractivity contribution in [1.82, 2.24) is 0 Å². The minimum Gasteiger partial charge on any atom is -0.378 e. The first-order valence-corrected chi connectivity index (χ1v) is 12.7. The highest BCUT2D eigenvalue weighted by Crippen LogP contribution is 2.17. The molecule has 0 aliphatic carbocycles. The molecule has 0 unspecified atom stereocenters. The van der Waals surface area contributed by atoms with Gasteiger partial charge >= 0.3 is 0 Å². The predicted octanol–water partition coefficient (Wildman–Crippen LogP) is 3.20. The van der Waals surface area contributed by atoms with Gasteiger partial charge in [-0.2, -0.15) is 0 Å². The molecule has 4 rings (SSSR count). The molecule has 4 aromatic carbocycles. The second kappa shape index (κ2) is 8.82. The number of nitrogens with zero attached hydrogens (tertiary/aromatic N) is 2. The first-order valence-electron chi connectivity index (χ1n) is 10.7. The molecule has 0 spiro atoms. The Morgan fingerprint density at radius 1 is 0.419 bits per heavy atom. The van der Waals surface area contributed by atoms with Crippen LogP contribution in [0.25, 0.3) is 0 Å². The highest BCUT2D eigenvalue weighted by Gasteiger charge is 2.41. The molecule has 4 aromatic rings. The highest BCUT2D eigenvalue weighted by molar-refractivity contribution is 7.20. The molecule has 0 N–H and O–H groups in total. The lowest BCUT2D eigenvalue weighted by molar-refractivity contribution is 1.13. The maximum atomic E-state index is 2.38. The Bertz CT molecular complexity index is 1040. The smallest absolute Gasteiger partial charge is 0.179 e. The van der Waals surface area contributed by atoms with Crippen molar-refractivity contribution >= 4 is 40.2 Å². The number of hydrogen-bond acceptors (Lipinski definition) is 2. The molecule has 0 saturated carbocycles. The van der Waals surface area contributed by atoms with Crippen molar-refractivity contribution in [3.05, 3.63) is 109 Å². The number of rotatable bonds is 6. The number of anilines is 2. The van der Waals surface area contributed by atoms with Crippen LogP contribution in [-0.2, 0) is 0 Å². The zero-order chi connectivity index (χ0) is 21.8. The van der Waals surface area contributed by atoms with Crippen molar-refractivity contribution in [1.29, 1.82) is 0 Å².